The van der Waals surface area contributed by atoms with E-state index in [1.807, 2.05) is 13.8 Å². The van der Waals surface area contributed by atoms with Crippen LogP contribution in [-0.2, 0) is 19.6 Å². The molecule has 26 heavy (non-hydrogen) atoms. The van der Waals surface area contributed by atoms with Gasteiger partial charge in [0, 0.05) is 6.92 Å². The minimum absolute atomic E-state index is 0.108. The molecule has 1 heterocycles. The molecule has 0 aromatic heterocycles. The molecule has 1 amide bonds. The molecule has 0 aliphatic carbocycles. The smallest absolute Gasteiger partial charge is 0.321 e. The second-order valence-corrected chi connectivity index (χ2v) is 8.06. The Labute approximate surface area is 153 Å². The molecular formula is C17H24N2O6S. The SMILES string of the molecule is CCCCC(NS(=O)(=O)c1ccc2c(c1)N(C(C)=O)CC(C)O2)C(=O)O. The first-order valence-electron chi connectivity index (χ1n) is 8.49. The van der Waals surface area contributed by atoms with Gasteiger partial charge in [-0.2, -0.15) is 4.72 Å². The van der Waals surface area contributed by atoms with Crippen LogP contribution in [0.2, 0.25) is 0 Å². The molecule has 1 aliphatic heterocycles. The van der Waals surface area contributed by atoms with Gasteiger partial charge in [0.05, 0.1) is 17.1 Å². The second kappa shape index (κ2) is 8.05. The largest absolute Gasteiger partial charge is 0.487 e. The van der Waals surface area contributed by atoms with Gasteiger partial charge in [-0.15, -0.1) is 0 Å². The van der Waals surface area contributed by atoms with Crippen LogP contribution in [0.4, 0.5) is 5.69 Å². The molecule has 2 atom stereocenters. The van der Waals surface area contributed by atoms with E-state index >= 15 is 0 Å². The molecule has 2 rings (SSSR count). The molecule has 0 radical (unpaired) electrons. The third kappa shape index (κ3) is 4.53. The normalized spacial score (nSPS) is 18.0. The van der Waals surface area contributed by atoms with Crippen LogP contribution in [0.1, 0.15) is 40.0 Å². The van der Waals surface area contributed by atoms with Crippen molar-refractivity contribution in [2.75, 3.05) is 11.4 Å². The fourth-order valence-corrected chi connectivity index (χ4v) is 4.02. The zero-order valence-electron chi connectivity index (χ0n) is 15.1. The fourth-order valence-electron chi connectivity index (χ4n) is 2.78. The van der Waals surface area contributed by atoms with Gasteiger partial charge in [-0.05, 0) is 31.5 Å². The quantitative estimate of drug-likeness (QED) is 0.740. The number of anilines is 1. The zero-order valence-corrected chi connectivity index (χ0v) is 15.9. The van der Waals surface area contributed by atoms with Gasteiger partial charge in [-0.25, -0.2) is 8.42 Å². The average molecular weight is 384 g/mol. The number of carbonyl (C=O) groups is 2. The number of hydrogen-bond donors (Lipinski definition) is 2. The molecule has 1 aliphatic rings. The van der Waals surface area contributed by atoms with E-state index in [0.717, 1.165) is 6.42 Å². The zero-order chi connectivity index (χ0) is 19.5. The highest BCUT2D eigenvalue weighted by atomic mass is 32.2. The van der Waals surface area contributed by atoms with Crippen LogP contribution in [0.15, 0.2) is 23.1 Å². The van der Waals surface area contributed by atoms with Crippen molar-refractivity contribution in [3.05, 3.63) is 18.2 Å². The highest BCUT2D eigenvalue weighted by Gasteiger charge is 2.29. The van der Waals surface area contributed by atoms with Crippen molar-refractivity contribution in [1.82, 2.24) is 4.72 Å². The topological polar surface area (TPSA) is 113 Å². The van der Waals surface area contributed by atoms with E-state index in [4.69, 9.17) is 4.74 Å². The molecule has 2 unspecified atom stereocenters. The van der Waals surface area contributed by atoms with Crippen molar-refractivity contribution >= 4 is 27.6 Å². The second-order valence-electron chi connectivity index (χ2n) is 6.34. The number of ether oxygens (including phenoxy) is 1. The number of hydrogen-bond acceptors (Lipinski definition) is 5. The van der Waals surface area contributed by atoms with Crippen LogP contribution in [0, 0.1) is 0 Å². The molecule has 1 aromatic rings. The maximum atomic E-state index is 12.6. The van der Waals surface area contributed by atoms with Gasteiger partial charge < -0.3 is 14.7 Å². The molecular weight excluding hydrogens is 360 g/mol. The number of amides is 1. The van der Waals surface area contributed by atoms with E-state index in [9.17, 15) is 23.1 Å². The summed E-state index contributed by atoms with van der Waals surface area (Å²) < 4.78 is 33.1. The average Bonchev–Trinajstić information content (AvgIpc) is 2.56. The highest BCUT2D eigenvalue weighted by molar-refractivity contribution is 7.89. The van der Waals surface area contributed by atoms with E-state index in [0.29, 0.717) is 24.4 Å². The number of carboxylic acids is 1. The van der Waals surface area contributed by atoms with Gasteiger partial charge in [-0.3, -0.25) is 9.59 Å². The number of benzene rings is 1. The number of aliphatic carboxylic acids is 1. The van der Waals surface area contributed by atoms with Crippen LogP contribution in [0.3, 0.4) is 0 Å². The van der Waals surface area contributed by atoms with Crippen LogP contribution in [0.25, 0.3) is 0 Å². The highest BCUT2D eigenvalue weighted by Crippen LogP contribution is 2.35. The molecule has 2 N–H and O–H groups in total. The summed E-state index contributed by atoms with van der Waals surface area (Å²) in [6, 6.07) is 2.97. The number of nitrogens with one attached hydrogen (secondary N) is 1. The predicted octanol–water partition coefficient (Wildman–Crippen LogP) is 1.74. The molecule has 1 aromatic carbocycles. The molecule has 0 fully saturated rings. The summed E-state index contributed by atoms with van der Waals surface area (Å²) in [6.07, 6.45) is 1.34. The first-order valence-corrected chi connectivity index (χ1v) is 9.98. The number of carboxylic acid groups (broad SMARTS) is 1. The van der Waals surface area contributed by atoms with E-state index in [-0.39, 0.29) is 23.3 Å². The van der Waals surface area contributed by atoms with Crippen molar-refractivity contribution in [3.63, 3.8) is 0 Å². The Morgan fingerprint density at radius 1 is 1.42 bits per heavy atom. The van der Waals surface area contributed by atoms with Gasteiger partial charge in [0.15, 0.2) is 0 Å². The summed E-state index contributed by atoms with van der Waals surface area (Å²) >= 11 is 0. The first-order chi connectivity index (χ1) is 12.2. The lowest BCUT2D eigenvalue weighted by Gasteiger charge is -2.33. The van der Waals surface area contributed by atoms with Crippen molar-refractivity contribution < 1.29 is 27.9 Å². The molecule has 9 heteroatoms. The number of unbranched alkanes of at least 4 members (excludes halogenated alkanes) is 1. The third-order valence-electron chi connectivity index (χ3n) is 4.12. The van der Waals surface area contributed by atoms with Crippen LogP contribution in [0.5, 0.6) is 5.75 Å². The lowest BCUT2D eigenvalue weighted by Crippen LogP contribution is -2.42. The molecule has 0 bridgehead atoms. The Morgan fingerprint density at radius 2 is 2.12 bits per heavy atom. The lowest BCUT2D eigenvalue weighted by molar-refractivity contribution is -0.139. The third-order valence-corrected chi connectivity index (χ3v) is 5.59. The lowest BCUT2D eigenvalue weighted by atomic mass is 10.1. The summed E-state index contributed by atoms with van der Waals surface area (Å²) in [5.74, 6) is -1.03. The van der Waals surface area contributed by atoms with Crippen molar-refractivity contribution in [3.8, 4) is 5.75 Å². The molecule has 0 saturated carbocycles. The Hall–Kier alpha value is -2.13. The minimum atomic E-state index is -4.06. The van der Waals surface area contributed by atoms with Crippen molar-refractivity contribution in [1.29, 1.82) is 0 Å². The van der Waals surface area contributed by atoms with Gasteiger partial charge in [0.2, 0.25) is 15.9 Å². The van der Waals surface area contributed by atoms with Crippen molar-refractivity contribution in [2.45, 2.75) is 57.1 Å². The number of carbonyl (C=O) groups excluding carboxylic acids is 1. The summed E-state index contributed by atoms with van der Waals surface area (Å²) in [5.41, 5.74) is 0.360. The Bertz CT molecular complexity index is 792. The van der Waals surface area contributed by atoms with E-state index < -0.39 is 22.0 Å². The van der Waals surface area contributed by atoms with E-state index in [1.165, 1.54) is 30.0 Å². The number of nitrogens with zero attached hydrogens (tertiary/aromatic N) is 1. The summed E-state index contributed by atoms with van der Waals surface area (Å²) in [6.45, 7) is 5.42. The van der Waals surface area contributed by atoms with E-state index in [1.54, 1.807) is 0 Å². The molecule has 0 spiro atoms. The maximum absolute atomic E-state index is 12.6. The Kier molecular flexibility index (Phi) is 6.25. The summed E-state index contributed by atoms with van der Waals surface area (Å²) in [5, 5.41) is 9.25. The van der Waals surface area contributed by atoms with Gasteiger partial charge in [0.1, 0.15) is 17.9 Å². The Balaban J connectivity index is 2.34. The van der Waals surface area contributed by atoms with Gasteiger partial charge >= 0.3 is 5.97 Å². The minimum Gasteiger partial charge on any atom is -0.487 e. The predicted molar refractivity (Wildman–Crippen MR) is 95.8 cm³/mol. The number of fused-ring (bicyclic) bond motifs is 1. The first kappa shape index (κ1) is 20.2. The van der Waals surface area contributed by atoms with Crippen molar-refractivity contribution in [2.24, 2.45) is 0 Å². The van der Waals surface area contributed by atoms with Gasteiger partial charge in [-0.1, -0.05) is 19.8 Å². The number of sulfonamides is 1. The van der Waals surface area contributed by atoms with Gasteiger partial charge in [0.25, 0.3) is 0 Å². The Morgan fingerprint density at radius 3 is 2.69 bits per heavy atom. The molecule has 8 nitrogen and oxygen atoms in total. The monoisotopic (exact) mass is 384 g/mol. The van der Waals surface area contributed by atoms with Crippen LogP contribution >= 0.6 is 0 Å². The molecule has 0 saturated heterocycles. The standard InChI is InChI=1S/C17H24N2O6S/c1-4-5-6-14(17(21)22)18-26(23,24)13-7-8-16-15(9-13)19(12(3)20)10-11(2)25-16/h7-9,11,14,18H,4-6,10H2,1-3H3,(H,21,22). The van der Waals surface area contributed by atoms with Crippen LogP contribution in [-0.4, -0.2) is 44.1 Å². The fraction of sp³-hybridized carbons (Fsp3) is 0.529. The summed E-state index contributed by atoms with van der Waals surface area (Å²) in [7, 11) is -4.06. The summed E-state index contributed by atoms with van der Waals surface area (Å²) in [4.78, 5) is 24.6. The maximum Gasteiger partial charge on any atom is 0.321 e. The number of rotatable bonds is 7. The van der Waals surface area contributed by atoms with E-state index in [2.05, 4.69) is 4.72 Å². The molecule has 144 valence electrons. The van der Waals surface area contributed by atoms with Crippen LogP contribution < -0.4 is 14.4 Å².